The van der Waals surface area contributed by atoms with Crippen LogP contribution in [-0.2, 0) is 13.0 Å². The van der Waals surface area contributed by atoms with E-state index in [-0.39, 0.29) is 12.2 Å². The molecule has 0 bridgehead atoms. The monoisotopic (exact) mass is 278 g/mol. The molecular weight excluding hydrogens is 259 g/mol. The van der Waals surface area contributed by atoms with E-state index in [9.17, 15) is 9.50 Å². The number of nitrogens with zero attached hydrogens (tertiary/aromatic N) is 2. The summed E-state index contributed by atoms with van der Waals surface area (Å²) in [5.74, 6) is -0.230. The highest BCUT2D eigenvalue weighted by Crippen LogP contribution is 2.25. The van der Waals surface area contributed by atoms with E-state index < -0.39 is 11.9 Å². The minimum atomic E-state index is -0.776. The van der Waals surface area contributed by atoms with Crippen LogP contribution in [0.2, 0.25) is 0 Å². The van der Waals surface area contributed by atoms with Crippen LogP contribution in [-0.4, -0.2) is 22.0 Å². The van der Waals surface area contributed by atoms with Gasteiger partial charge in [-0.15, -0.1) is 0 Å². The molecule has 5 heteroatoms. The first-order chi connectivity index (χ1) is 9.65. The first-order valence-corrected chi connectivity index (χ1v) is 6.67. The molecule has 1 aromatic heterocycles. The molecule has 1 atom stereocenters. The lowest BCUT2D eigenvalue weighted by Crippen LogP contribution is -2.04. The van der Waals surface area contributed by atoms with Gasteiger partial charge in [-0.25, -0.2) is 4.39 Å². The van der Waals surface area contributed by atoms with Crippen molar-refractivity contribution in [2.24, 2.45) is 0 Å². The Kier molecular flexibility index (Phi) is 4.74. The van der Waals surface area contributed by atoms with E-state index >= 15 is 0 Å². The zero-order chi connectivity index (χ0) is 14.5. The molecule has 1 heterocycles. The number of benzene rings is 1. The van der Waals surface area contributed by atoms with E-state index in [1.54, 1.807) is 35.3 Å². The Labute approximate surface area is 117 Å². The minimum absolute atomic E-state index is 0.191. The summed E-state index contributed by atoms with van der Waals surface area (Å²) >= 11 is 0. The molecule has 1 aromatic carbocycles. The lowest BCUT2D eigenvalue weighted by molar-refractivity contribution is 0.176. The quantitative estimate of drug-likeness (QED) is 0.883. The summed E-state index contributed by atoms with van der Waals surface area (Å²) in [5.41, 5.74) is 1.13. The molecule has 2 rings (SSSR count). The Morgan fingerprint density at radius 1 is 1.45 bits per heavy atom. The van der Waals surface area contributed by atoms with Crippen molar-refractivity contribution in [3.8, 4) is 5.75 Å². The van der Waals surface area contributed by atoms with Crippen molar-refractivity contribution in [1.82, 2.24) is 9.78 Å². The zero-order valence-corrected chi connectivity index (χ0v) is 11.7. The molecule has 0 radical (unpaired) electrons. The SMILES string of the molecule is CCCn1cc(C(O)Cc2cccc(OC)c2F)cn1. The largest absolute Gasteiger partial charge is 0.494 e. The molecule has 0 spiro atoms. The fraction of sp³-hybridized carbons (Fsp3) is 0.400. The minimum Gasteiger partial charge on any atom is -0.494 e. The van der Waals surface area contributed by atoms with E-state index in [1.165, 1.54) is 7.11 Å². The van der Waals surface area contributed by atoms with Crippen LogP contribution in [0.3, 0.4) is 0 Å². The molecule has 20 heavy (non-hydrogen) atoms. The summed E-state index contributed by atoms with van der Waals surface area (Å²) in [6.07, 6.45) is 3.81. The first kappa shape index (κ1) is 14.5. The predicted molar refractivity (Wildman–Crippen MR) is 74.1 cm³/mol. The summed E-state index contributed by atoms with van der Waals surface area (Å²) in [7, 11) is 1.42. The van der Waals surface area contributed by atoms with Crippen LogP contribution in [0.25, 0.3) is 0 Å². The summed E-state index contributed by atoms with van der Waals surface area (Å²) in [5, 5.41) is 14.3. The molecule has 108 valence electrons. The van der Waals surface area contributed by atoms with Gasteiger partial charge in [0.1, 0.15) is 0 Å². The standard InChI is InChI=1S/C15H19FN2O2/c1-3-7-18-10-12(9-17-18)13(19)8-11-5-4-6-14(20-2)15(11)16/h4-6,9-10,13,19H,3,7-8H2,1-2H3. The van der Waals surface area contributed by atoms with Crippen LogP contribution >= 0.6 is 0 Å². The Balaban J connectivity index is 2.12. The number of hydrogen-bond donors (Lipinski definition) is 1. The summed E-state index contributed by atoms with van der Waals surface area (Å²) in [6, 6.07) is 4.92. The second-order valence-electron chi connectivity index (χ2n) is 4.69. The molecule has 0 saturated heterocycles. The van der Waals surface area contributed by atoms with Crippen LogP contribution < -0.4 is 4.74 Å². The molecule has 0 saturated carbocycles. The lowest BCUT2D eigenvalue weighted by atomic mass is 10.0. The van der Waals surface area contributed by atoms with Gasteiger partial charge in [-0.2, -0.15) is 5.10 Å². The van der Waals surface area contributed by atoms with E-state index in [0.29, 0.717) is 11.1 Å². The van der Waals surface area contributed by atoms with E-state index in [0.717, 1.165) is 13.0 Å². The van der Waals surface area contributed by atoms with Crippen LogP contribution in [0.4, 0.5) is 4.39 Å². The van der Waals surface area contributed by atoms with Crippen LogP contribution in [0, 0.1) is 5.82 Å². The molecule has 0 aliphatic carbocycles. The number of hydrogen-bond acceptors (Lipinski definition) is 3. The maximum atomic E-state index is 14.0. The van der Waals surface area contributed by atoms with Gasteiger partial charge < -0.3 is 9.84 Å². The van der Waals surface area contributed by atoms with Crippen molar-refractivity contribution in [2.75, 3.05) is 7.11 Å². The molecule has 0 aliphatic heterocycles. The number of aliphatic hydroxyl groups is 1. The van der Waals surface area contributed by atoms with Gasteiger partial charge in [0.15, 0.2) is 11.6 Å². The Morgan fingerprint density at radius 2 is 2.25 bits per heavy atom. The average Bonchev–Trinajstić information content (AvgIpc) is 2.90. The summed E-state index contributed by atoms with van der Waals surface area (Å²) in [4.78, 5) is 0. The van der Waals surface area contributed by atoms with Crippen molar-refractivity contribution >= 4 is 0 Å². The van der Waals surface area contributed by atoms with Crippen molar-refractivity contribution in [1.29, 1.82) is 0 Å². The Morgan fingerprint density at radius 3 is 2.95 bits per heavy atom. The molecule has 1 N–H and O–H groups in total. The molecule has 0 aliphatic rings. The number of ether oxygens (including phenoxy) is 1. The van der Waals surface area contributed by atoms with Crippen molar-refractivity contribution in [3.63, 3.8) is 0 Å². The van der Waals surface area contributed by atoms with Crippen molar-refractivity contribution in [2.45, 2.75) is 32.4 Å². The third-order valence-corrected chi connectivity index (χ3v) is 3.17. The van der Waals surface area contributed by atoms with Gasteiger partial charge in [0.25, 0.3) is 0 Å². The number of rotatable bonds is 6. The van der Waals surface area contributed by atoms with Crippen LogP contribution in [0.5, 0.6) is 5.75 Å². The van der Waals surface area contributed by atoms with E-state index in [4.69, 9.17) is 4.74 Å². The molecule has 0 amide bonds. The number of methoxy groups -OCH3 is 1. The highest BCUT2D eigenvalue weighted by molar-refractivity contribution is 5.32. The number of aromatic nitrogens is 2. The third kappa shape index (κ3) is 3.17. The van der Waals surface area contributed by atoms with Gasteiger partial charge >= 0.3 is 0 Å². The number of aliphatic hydroxyl groups excluding tert-OH is 1. The molecule has 2 aromatic rings. The summed E-state index contributed by atoms with van der Waals surface area (Å²) < 4.78 is 20.7. The van der Waals surface area contributed by atoms with Gasteiger partial charge in [0.2, 0.25) is 0 Å². The maximum Gasteiger partial charge on any atom is 0.168 e. The smallest absolute Gasteiger partial charge is 0.168 e. The van der Waals surface area contributed by atoms with Gasteiger partial charge in [-0.05, 0) is 18.1 Å². The topological polar surface area (TPSA) is 47.3 Å². The molecule has 4 nitrogen and oxygen atoms in total. The van der Waals surface area contributed by atoms with Crippen LogP contribution in [0.1, 0.15) is 30.6 Å². The highest BCUT2D eigenvalue weighted by atomic mass is 19.1. The lowest BCUT2D eigenvalue weighted by Gasteiger charge is -2.11. The van der Waals surface area contributed by atoms with Crippen LogP contribution in [0.15, 0.2) is 30.6 Å². The van der Waals surface area contributed by atoms with E-state index in [2.05, 4.69) is 12.0 Å². The maximum absolute atomic E-state index is 14.0. The zero-order valence-electron chi connectivity index (χ0n) is 11.7. The molecular formula is C15H19FN2O2. The third-order valence-electron chi connectivity index (χ3n) is 3.17. The van der Waals surface area contributed by atoms with Gasteiger partial charge in [0.05, 0.1) is 19.4 Å². The first-order valence-electron chi connectivity index (χ1n) is 6.67. The van der Waals surface area contributed by atoms with Gasteiger partial charge in [0, 0.05) is 24.7 Å². The fourth-order valence-corrected chi connectivity index (χ4v) is 2.10. The fourth-order valence-electron chi connectivity index (χ4n) is 2.10. The second-order valence-corrected chi connectivity index (χ2v) is 4.69. The van der Waals surface area contributed by atoms with Crippen molar-refractivity contribution in [3.05, 3.63) is 47.5 Å². The highest BCUT2D eigenvalue weighted by Gasteiger charge is 2.15. The summed E-state index contributed by atoms with van der Waals surface area (Å²) in [6.45, 7) is 2.86. The second kappa shape index (κ2) is 6.52. The number of halogens is 1. The average molecular weight is 278 g/mol. The molecule has 1 unspecified atom stereocenters. The normalized spacial score (nSPS) is 12.4. The number of aryl methyl sites for hydroxylation is 1. The van der Waals surface area contributed by atoms with Gasteiger partial charge in [-0.3, -0.25) is 4.68 Å². The van der Waals surface area contributed by atoms with Crippen molar-refractivity contribution < 1.29 is 14.2 Å². The predicted octanol–water partition coefficient (Wildman–Crippen LogP) is 2.72. The molecule has 0 fully saturated rings. The Bertz CT molecular complexity index is 569. The Hall–Kier alpha value is -1.88. The van der Waals surface area contributed by atoms with Gasteiger partial charge in [-0.1, -0.05) is 19.1 Å². The van der Waals surface area contributed by atoms with E-state index in [1.807, 2.05) is 0 Å².